The minimum Gasteiger partial charge on any atom is -0.383 e. The van der Waals surface area contributed by atoms with Crippen LogP contribution >= 0.6 is 15.9 Å². The largest absolute Gasteiger partial charge is 0.383 e. The van der Waals surface area contributed by atoms with Gasteiger partial charge in [0.25, 0.3) is 6.43 Å². The molecular formula is C14H9BrF4O. The van der Waals surface area contributed by atoms with E-state index in [1.165, 1.54) is 18.2 Å². The molecule has 0 amide bonds. The number of aliphatic hydroxyl groups is 1. The van der Waals surface area contributed by atoms with E-state index in [0.717, 1.165) is 18.2 Å². The summed E-state index contributed by atoms with van der Waals surface area (Å²) >= 11 is 2.89. The van der Waals surface area contributed by atoms with Crippen molar-refractivity contribution in [2.24, 2.45) is 0 Å². The summed E-state index contributed by atoms with van der Waals surface area (Å²) in [5.41, 5.74) is -0.901. The van der Waals surface area contributed by atoms with Gasteiger partial charge in [0.05, 0.1) is 10.0 Å². The Bertz CT molecular complexity index is 631. The maximum absolute atomic E-state index is 13.9. The van der Waals surface area contributed by atoms with Crippen LogP contribution in [0.25, 0.3) is 0 Å². The van der Waals surface area contributed by atoms with E-state index in [9.17, 15) is 22.7 Å². The van der Waals surface area contributed by atoms with Gasteiger partial charge in [0.1, 0.15) is 17.7 Å². The zero-order chi connectivity index (χ0) is 14.9. The molecule has 0 fully saturated rings. The van der Waals surface area contributed by atoms with Crippen molar-refractivity contribution in [3.05, 3.63) is 69.2 Å². The summed E-state index contributed by atoms with van der Waals surface area (Å²) in [6, 6.07) is 6.98. The molecule has 2 aromatic carbocycles. The quantitative estimate of drug-likeness (QED) is 0.627. The van der Waals surface area contributed by atoms with Crippen molar-refractivity contribution in [2.45, 2.75) is 12.5 Å². The predicted molar refractivity (Wildman–Crippen MR) is 69.5 cm³/mol. The topological polar surface area (TPSA) is 20.2 Å². The Hall–Kier alpha value is -1.40. The van der Waals surface area contributed by atoms with Crippen LogP contribution in [0.15, 0.2) is 40.9 Å². The molecule has 20 heavy (non-hydrogen) atoms. The van der Waals surface area contributed by atoms with Gasteiger partial charge in [-0.1, -0.05) is 18.2 Å². The first kappa shape index (κ1) is 15.0. The second-order valence-electron chi connectivity index (χ2n) is 4.13. The van der Waals surface area contributed by atoms with Gasteiger partial charge in [-0.05, 0) is 39.7 Å². The van der Waals surface area contributed by atoms with Crippen LogP contribution < -0.4 is 0 Å². The molecule has 6 heteroatoms. The summed E-state index contributed by atoms with van der Waals surface area (Å²) in [6.07, 6.45) is -4.38. The molecule has 1 nitrogen and oxygen atoms in total. The van der Waals surface area contributed by atoms with Crippen LogP contribution in [0, 0.1) is 11.6 Å². The Morgan fingerprint density at radius 2 is 1.65 bits per heavy atom. The summed E-state index contributed by atoms with van der Waals surface area (Å²) in [4.78, 5) is 0. The summed E-state index contributed by atoms with van der Waals surface area (Å²) in [6.45, 7) is 0. The standard InChI is InChI=1S/C14H9BrF4O/c15-9-4-5-10(16)11(12(9)17)13(20)7-2-1-3-8(6-7)14(18)19/h1-6,13-14,20H. The molecule has 2 aromatic rings. The molecule has 0 saturated carbocycles. The first-order valence-electron chi connectivity index (χ1n) is 5.61. The van der Waals surface area contributed by atoms with E-state index in [1.54, 1.807) is 0 Å². The highest BCUT2D eigenvalue weighted by atomic mass is 79.9. The molecule has 106 valence electrons. The highest BCUT2D eigenvalue weighted by Crippen LogP contribution is 2.32. The Labute approximate surface area is 121 Å². The number of aliphatic hydroxyl groups excluding tert-OH is 1. The van der Waals surface area contributed by atoms with Crippen LogP contribution in [0.2, 0.25) is 0 Å². The fourth-order valence-corrected chi connectivity index (χ4v) is 2.17. The van der Waals surface area contributed by atoms with E-state index in [2.05, 4.69) is 15.9 Å². The fraction of sp³-hybridized carbons (Fsp3) is 0.143. The van der Waals surface area contributed by atoms with Gasteiger partial charge in [0, 0.05) is 5.56 Å². The molecule has 2 rings (SSSR count). The number of benzene rings is 2. The van der Waals surface area contributed by atoms with Crippen molar-refractivity contribution in [1.29, 1.82) is 0 Å². The Kier molecular flexibility index (Phi) is 4.45. The summed E-state index contributed by atoms with van der Waals surface area (Å²) < 4.78 is 52.7. The van der Waals surface area contributed by atoms with Gasteiger partial charge in [0.15, 0.2) is 0 Å². The molecule has 0 bridgehead atoms. The molecule has 0 aromatic heterocycles. The van der Waals surface area contributed by atoms with Crippen LogP contribution in [0.5, 0.6) is 0 Å². The van der Waals surface area contributed by atoms with Crippen molar-refractivity contribution >= 4 is 15.9 Å². The van der Waals surface area contributed by atoms with Gasteiger partial charge >= 0.3 is 0 Å². The summed E-state index contributed by atoms with van der Waals surface area (Å²) in [5, 5.41) is 10.0. The molecule has 1 atom stereocenters. The average molecular weight is 349 g/mol. The molecule has 0 aliphatic heterocycles. The molecule has 1 unspecified atom stereocenters. The highest BCUT2D eigenvalue weighted by molar-refractivity contribution is 9.10. The van der Waals surface area contributed by atoms with E-state index >= 15 is 0 Å². The maximum atomic E-state index is 13.9. The monoisotopic (exact) mass is 348 g/mol. The van der Waals surface area contributed by atoms with E-state index in [-0.39, 0.29) is 15.6 Å². The lowest BCUT2D eigenvalue weighted by Crippen LogP contribution is -2.07. The van der Waals surface area contributed by atoms with Gasteiger partial charge in [-0.2, -0.15) is 0 Å². The summed E-state index contributed by atoms with van der Waals surface area (Å²) in [5.74, 6) is -1.90. The molecular weight excluding hydrogens is 340 g/mol. The number of alkyl halides is 2. The Balaban J connectivity index is 2.49. The third kappa shape index (κ3) is 2.86. The normalized spacial score (nSPS) is 12.8. The van der Waals surface area contributed by atoms with E-state index in [4.69, 9.17) is 0 Å². The fourth-order valence-electron chi connectivity index (χ4n) is 1.82. The van der Waals surface area contributed by atoms with Crippen LogP contribution in [0.4, 0.5) is 17.6 Å². The van der Waals surface area contributed by atoms with Crippen LogP contribution in [0.3, 0.4) is 0 Å². The van der Waals surface area contributed by atoms with Gasteiger partial charge in [-0.3, -0.25) is 0 Å². The predicted octanol–water partition coefficient (Wildman–Crippen LogP) is 4.75. The lowest BCUT2D eigenvalue weighted by molar-refractivity contribution is 0.150. The van der Waals surface area contributed by atoms with Crippen LogP contribution in [-0.4, -0.2) is 5.11 Å². The zero-order valence-corrected chi connectivity index (χ0v) is 11.5. The summed E-state index contributed by atoms with van der Waals surface area (Å²) in [7, 11) is 0. The van der Waals surface area contributed by atoms with E-state index in [1.807, 2.05) is 0 Å². The van der Waals surface area contributed by atoms with Gasteiger partial charge in [0.2, 0.25) is 0 Å². The third-order valence-electron chi connectivity index (χ3n) is 2.83. The first-order valence-corrected chi connectivity index (χ1v) is 6.40. The first-order chi connectivity index (χ1) is 9.41. The van der Waals surface area contributed by atoms with E-state index < -0.39 is 29.7 Å². The van der Waals surface area contributed by atoms with Gasteiger partial charge < -0.3 is 5.11 Å². The molecule has 1 N–H and O–H groups in total. The minimum absolute atomic E-state index is 0.00120. The molecule has 0 saturated heterocycles. The SMILES string of the molecule is OC(c1cccc(C(F)F)c1)c1c(F)ccc(Br)c1F. The second kappa shape index (κ2) is 5.93. The lowest BCUT2D eigenvalue weighted by Gasteiger charge is -2.15. The molecule has 0 spiro atoms. The third-order valence-corrected chi connectivity index (χ3v) is 3.44. The molecule has 0 heterocycles. The molecule has 0 aliphatic rings. The van der Waals surface area contributed by atoms with Crippen molar-refractivity contribution in [3.63, 3.8) is 0 Å². The van der Waals surface area contributed by atoms with Gasteiger partial charge in [-0.15, -0.1) is 0 Å². The van der Waals surface area contributed by atoms with Crippen LogP contribution in [-0.2, 0) is 0 Å². The van der Waals surface area contributed by atoms with Gasteiger partial charge in [-0.25, -0.2) is 17.6 Å². The van der Waals surface area contributed by atoms with Crippen LogP contribution in [0.1, 0.15) is 29.2 Å². The van der Waals surface area contributed by atoms with Crippen molar-refractivity contribution in [3.8, 4) is 0 Å². The minimum atomic E-state index is -2.72. The Morgan fingerprint density at radius 3 is 2.30 bits per heavy atom. The average Bonchev–Trinajstić information content (AvgIpc) is 2.43. The Morgan fingerprint density at radius 1 is 1.00 bits per heavy atom. The van der Waals surface area contributed by atoms with Crippen molar-refractivity contribution in [1.82, 2.24) is 0 Å². The van der Waals surface area contributed by atoms with E-state index in [0.29, 0.717) is 0 Å². The zero-order valence-electron chi connectivity index (χ0n) is 9.96. The molecule has 0 radical (unpaired) electrons. The number of rotatable bonds is 3. The van der Waals surface area contributed by atoms with Crippen molar-refractivity contribution in [2.75, 3.05) is 0 Å². The number of halogens is 5. The smallest absolute Gasteiger partial charge is 0.263 e. The highest BCUT2D eigenvalue weighted by Gasteiger charge is 2.22. The molecule has 0 aliphatic carbocycles. The maximum Gasteiger partial charge on any atom is 0.263 e. The second-order valence-corrected chi connectivity index (χ2v) is 4.98. The van der Waals surface area contributed by atoms with Crippen molar-refractivity contribution < 1.29 is 22.7 Å². The lowest BCUT2D eigenvalue weighted by atomic mass is 9.99. The number of hydrogen-bond donors (Lipinski definition) is 1. The number of hydrogen-bond acceptors (Lipinski definition) is 1.